The van der Waals surface area contributed by atoms with E-state index in [1.54, 1.807) is 62.6 Å². The average molecular weight is 480 g/mol. The number of Topliss-reactive ketones (excluding diaryl/α,β-unsaturated/α-hetero) is 1. The summed E-state index contributed by atoms with van der Waals surface area (Å²) < 4.78 is 21.2. The van der Waals surface area contributed by atoms with Crippen LogP contribution in [0.2, 0.25) is 0 Å². The van der Waals surface area contributed by atoms with E-state index < -0.39 is 11.9 Å². The van der Waals surface area contributed by atoms with Crippen LogP contribution in [0.15, 0.2) is 53.6 Å². The number of amides is 1. The number of benzene rings is 2. The number of nitrogens with zero attached hydrogens (tertiary/aromatic N) is 1. The van der Waals surface area contributed by atoms with E-state index in [0.29, 0.717) is 22.8 Å². The largest absolute Gasteiger partial charge is 0.497 e. The van der Waals surface area contributed by atoms with Crippen molar-refractivity contribution in [2.24, 2.45) is 0 Å². The molecule has 0 fully saturated rings. The first kappa shape index (κ1) is 23.0. The van der Waals surface area contributed by atoms with Crippen LogP contribution in [0.3, 0.4) is 0 Å². The van der Waals surface area contributed by atoms with Gasteiger partial charge in [-0.2, -0.15) is 0 Å². The van der Waals surface area contributed by atoms with Crippen molar-refractivity contribution in [3.8, 4) is 17.2 Å². The molecule has 1 aromatic heterocycles. The molecule has 34 heavy (non-hydrogen) atoms. The van der Waals surface area contributed by atoms with Crippen molar-refractivity contribution in [3.63, 3.8) is 0 Å². The summed E-state index contributed by atoms with van der Waals surface area (Å²) in [5.41, 5.74) is 1.35. The van der Waals surface area contributed by atoms with Crippen molar-refractivity contribution in [1.29, 1.82) is 0 Å². The summed E-state index contributed by atoms with van der Waals surface area (Å²) in [6.45, 7) is 1.70. The highest BCUT2D eigenvalue weighted by atomic mass is 32.1. The number of ether oxygens (including phenoxy) is 4. The molecule has 0 saturated heterocycles. The fourth-order valence-corrected chi connectivity index (χ4v) is 3.74. The Kier molecular flexibility index (Phi) is 6.88. The zero-order chi connectivity index (χ0) is 24.1. The second kappa shape index (κ2) is 10.2. The molecule has 0 spiro atoms. The van der Waals surface area contributed by atoms with Gasteiger partial charge in [0.2, 0.25) is 5.78 Å². The van der Waals surface area contributed by atoms with Crippen LogP contribution in [0.25, 0.3) is 6.08 Å². The van der Waals surface area contributed by atoms with Crippen LogP contribution in [0.5, 0.6) is 17.2 Å². The quantitative estimate of drug-likeness (QED) is 0.381. The molecule has 0 saturated carbocycles. The Morgan fingerprint density at radius 1 is 1.15 bits per heavy atom. The van der Waals surface area contributed by atoms with Gasteiger partial charge in [0, 0.05) is 11.4 Å². The molecule has 1 amide bonds. The third-order valence-corrected chi connectivity index (χ3v) is 5.42. The topological polar surface area (TPSA) is 113 Å². The van der Waals surface area contributed by atoms with Gasteiger partial charge in [-0.15, -0.1) is 11.3 Å². The van der Waals surface area contributed by atoms with Crippen LogP contribution < -0.4 is 19.5 Å². The first-order chi connectivity index (χ1) is 16.5. The molecule has 174 valence electrons. The number of esters is 1. The molecule has 10 heteroatoms. The van der Waals surface area contributed by atoms with Gasteiger partial charge in [0.25, 0.3) is 5.91 Å². The minimum Gasteiger partial charge on any atom is -0.497 e. The summed E-state index contributed by atoms with van der Waals surface area (Å²) in [5.74, 6) is 0.567. The van der Waals surface area contributed by atoms with Crippen molar-refractivity contribution in [2.45, 2.75) is 6.92 Å². The number of nitrogens with one attached hydrogen (secondary N) is 1. The number of aromatic nitrogens is 1. The number of methoxy groups -OCH3 is 1. The monoisotopic (exact) mass is 480 g/mol. The predicted molar refractivity (Wildman–Crippen MR) is 125 cm³/mol. The summed E-state index contributed by atoms with van der Waals surface area (Å²) in [6, 6.07) is 11.9. The number of fused-ring (bicyclic) bond motifs is 1. The van der Waals surface area contributed by atoms with Crippen molar-refractivity contribution in [3.05, 3.63) is 70.4 Å². The molecule has 9 nitrogen and oxygen atoms in total. The van der Waals surface area contributed by atoms with Gasteiger partial charge in [0.1, 0.15) is 17.2 Å². The summed E-state index contributed by atoms with van der Waals surface area (Å²) in [5, 5.41) is 4.36. The number of carbonyl (C=O) groups is 3. The zero-order valence-corrected chi connectivity index (χ0v) is 19.1. The number of allylic oxidation sites excluding steroid dienone is 1. The second-order valence-electron chi connectivity index (χ2n) is 6.97. The molecule has 3 aromatic rings. The van der Waals surface area contributed by atoms with Gasteiger partial charge in [-0.1, -0.05) is 12.1 Å². The van der Waals surface area contributed by atoms with Crippen LogP contribution in [0.4, 0.5) is 5.13 Å². The van der Waals surface area contributed by atoms with Crippen molar-refractivity contribution in [1.82, 2.24) is 4.98 Å². The van der Waals surface area contributed by atoms with E-state index in [1.807, 2.05) is 0 Å². The van der Waals surface area contributed by atoms with Crippen LogP contribution >= 0.6 is 11.3 Å². The Bertz CT molecular complexity index is 1260. The maximum Gasteiger partial charge on any atom is 0.357 e. The van der Waals surface area contributed by atoms with Gasteiger partial charge in [-0.3, -0.25) is 14.9 Å². The maximum absolute atomic E-state index is 12.5. The number of rotatable bonds is 8. The molecular formula is C24H20N2O7S. The Balaban J connectivity index is 1.31. The standard InChI is InChI=1S/C24H20N2O7S/c1-3-31-23(29)18-13-34-24(25-18)26-21(27)12-32-15-6-4-14(5-7-15)10-20-22(28)17-9-8-16(30-2)11-19(17)33-20/h4-11,13H,3,12H2,1-2H3,(H,25,26,27)/b20-10-. The Hall–Kier alpha value is -4.18. The number of hydrogen-bond donors (Lipinski definition) is 1. The summed E-state index contributed by atoms with van der Waals surface area (Å²) in [6.07, 6.45) is 1.63. The maximum atomic E-state index is 12.5. The van der Waals surface area contributed by atoms with Gasteiger partial charge in [0.15, 0.2) is 23.2 Å². The molecule has 0 unspecified atom stereocenters. The van der Waals surface area contributed by atoms with Crippen molar-refractivity contribution >= 4 is 40.2 Å². The third kappa shape index (κ3) is 5.24. The molecule has 2 aromatic carbocycles. The lowest BCUT2D eigenvalue weighted by molar-refractivity contribution is -0.118. The van der Waals surface area contributed by atoms with Gasteiger partial charge in [-0.05, 0) is 42.8 Å². The highest BCUT2D eigenvalue weighted by Gasteiger charge is 2.27. The number of anilines is 1. The lowest BCUT2D eigenvalue weighted by Gasteiger charge is -2.06. The highest BCUT2D eigenvalue weighted by molar-refractivity contribution is 7.14. The van der Waals surface area contributed by atoms with Gasteiger partial charge in [-0.25, -0.2) is 9.78 Å². The van der Waals surface area contributed by atoms with E-state index in [2.05, 4.69) is 10.3 Å². The fourth-order valence-electron chi connectivity index (χ4n) is 3.04. The normalized spacial score (nSPS) is 13.2. The van der Waals surface area contributed by atoms with E-state index in [9.17, 15) is 14.4 Å². The van der Waals surface area contributed by atoms with Crippen molar-refractivity contribution in [2.75, 3.05) is 25.6 Å². The fraction of sp³-hybridized carbons (Fsp3) is 0.167. The number of ketones is 1. The van der Waals surface area contributed by atoms with Crippen LogP contribution in [-0.2, 0) is 9.53 Å². The zero-order valence-electron chi connectivity index (χ0n) is 18.3. The minimum atomic E-state index is -0.543. The molecule has 1 N–H and O–H groups in total. The molecule has 0 aliphatic carbocycles. The third-order valence-electron chi connectivity index (χ3n) is 4.66. The average Bonchev–Trinajstić information content (AvgIpc) is 3.43. The molecule has 0 bridgehead atoms. The van der Waals surface area contributed by atoms with Crippen LogP contribution in [-0.4, -0.2) is 43.0 Å². The molecule has 0 atom stereocenters. The second-order valence-corrected chi connectivity index (χ2v) is 7.82. The number of hydrogen-bond acceptors (Lipinski definition) is 9. The van der Waals surface area contributed by atoms with E-state index in [0.717, 1.165) is 16.9 Å². The number of thiazole rings is 1. The lowest BCUT2D eigenvalue weighted by atomic mass is 10.1. The van der Waals surface area contributed by atoms with Gasteiger partial charge < -0.3 is 18.9 Å². The summed E-state index contributed by atoms with van der Waals surface area (Å²) in [7, 11) is 1.55. The minimum absolute atomic E-state index is 0.139. The first-order valence-corrected chi connectivity index (χ1v) is 11.1. The van der Waals surface area contributed by atoms with E-state index in [1.165, 1.54) is 5.38 Å². The van der Waals surface area contributed by atoms with Gasteiger partial charge >= 0.3 is 5.97 Å². The molecule has 0 radical (unpaired) electrons. The Morgan fingerprint density at radius 3 is 2.65 bits per heavy atom. The van der Waals surface area contributed by atoms with Crippen LogP contribution in [0.1, 0.15) is 33.3 Å². The summed E-state index contributed by atoms with van der Waals surface area (Å²) in [4.78, 5) is 40.3. The molecule has 1 aliphatic heterocycles. The first-order valence-electron chi connectivity index (χ1n) is 10.2. The molecule has 1 aliphatic rings. The predicted octanol–water partition coefficient (Wildman–Crippen LogP) is 3.96. The highest BCUT2D eigenvalue weighted by Crippen LogP contribution is 2.34. The van der Waals surface area contributed by atoms with E-state index in [4.69, 9.17) is 18.9 Å². The summed E-state index contributed by atoms with van der Waals surface area (Å²) >= 11 is 1.12. The molecular weight excluding hydrogens is 460 g/mol. The van der Waals surface area contributed by atoms with E-state index >= 15 is 0 Å². The smallest absolute Gasteiger partial charge is 0.357 e. The Labute approximate surface area is 198 Å². The molecule has 2 heterocycles. The number of carbonyl (C=O) groups excluding carboxylic acids is 3. The SMILES string of the molecule is CCOC(=O)c1csc(NC(=O)COc2ccc(/C=C3\Oc4cc(OC)ccc4C3=O)cc2)n1. The Morgan fingerprint density at radius 2 is 1.91 bits per heavy atom. The lowest BCUT2D eigenvalue weighted by Crippen LogP contribution is -2.20. The van der Waals surface area contributed by atoms with Crippen molar-refractivity contribution < 1.29 is 33.3 Å². The van der Waals surface area contributed by atoms with Gasteiger partial charge in [0.05, 0.1) is 19.3 Å². The van der Waals surface area contributed by atoms with Crippen LogP contribution in [0, 0.1) is 0 Å². The molecule has 4 rings (SSSR count). The van der Waals surface area contributed by atoms with E-state index in [-0.39, 0.29) is 35.6 Å².